The molecule has 1 fully saturated rings. The van der Waals surface area contributed by atoms with Crippen molar-refractivity contribution in [1.82, 2.24) is 10.6 Å². The molecule has 1 aliphatic rings. The molecule has 6 nitrogen and oxygen atoms in total. The molecule has 1 amide bonds. The summed E-state index contributed by atoms with van der Waals surface area (Å²) in [6.07, 6.45) is 2.85. The molecular weight excluding hydrogens is 368 g/mol. The fourth-order valence-electron chi connectivity index (χ4n) is 3.61. The molecule has 1 saturated heterocycles. The van der Waals surface area contributed by atoms with Crippen LogP contribution in [-0.2, 0) is 4.79 Å². The number of carbonyl (C=O) groups is 1. The largest absolute Gasteiger partial charge is 0.493 e. The summed E-state index contributed by atoms with van der Waals surface area (Å²) in [5.74, 6) is 2.83. The number of ether oxygens (including phenoxy) is 3. The zero-order valence-electron chi connectivity index (χ0n) is 17.0. The van der Waals surface area contributed by atoms with Gasteiger partial charge in [-0.05, 0) is 62.4 Å². The molecule has 154 valence electrons. The predicted octanol–water partition coefficient (Wildman–Crippen LogP) is 3.34. The highest BCUT2D eigenvalue weighted by Crippen LogP contribution is 2.39. The van der Waals surface area contributed by atoms with E-state index in [0.29, 0.717) is 35.5 Å². The number of piperidine rings is 1. The molecule has 2 atom stereocenters. The maximum atomic E-state index is 12.5. The number of nitrogens with one attached hydrogen (secondary N) is 2. The lowest BCUT2D eigenvalue weighted by Crippen LogP contribution is -2.34. The van der Waals surface area contributed by atoms with Crippen LogP contribution in [0.25, 0.3) is 0 Å². The number of halogens is 1. The number of hydrogen-bond acceptors (Lipinski definition) is 5. The van der Waals surface area contributed by atoms with Gasteiger partial charge in [0.25, 0.3) is 0 Å². The Hall–Kier alpha value is -1.66. The van der Waals surface area contributed by atoms with Crippen LogP contribution in [0.4, 0.5) is 0 Å². The summed E-state index contributed by atoms with van der Waals surface area (Å²) in [5.41, 5.74) is 0.919. The van der Waals surface area contributed by atoms with Gasteiger partial charge in [0.1, 0.15) is 0 Å². The highest BCUT2D eigenvalue weighted by atomic mass is 35.5. The van der Waals surface area contributed by atoms with E-state index in [1.165, 1.54) is 0 Å². The van der Waals surface area contributed by atoms with Crippen LogP contribution in [-0.4, -0.2) is 40.3 Å². The fourth-order valence-corrected chi connectivity index (χ4v) is 3.61. The third-order valence-electron chi connectivity index (χ3n) is 5.26. The lowest BCUT2D eigenvalue weighted by molar-refractivity contribution is -0.123. The van der Waals surface area contributed by atoms with Gasteiger partial charge in [0.15, 0.2) is 11.5 Å². The molecular formula is C20H33ClN2O4. The molecule has 0 aliphatic carbocycles. The minimum Gasteiger partial charge on any atom is -0.493 e. The van der Waals surface area contributed by atoms with Crippen molar-refractivity contribution in [2.75, 3.05) is 34.4 Å². The molecule has 1 heterocycles. The molecule has 0 aromatic heterocycles. The van der Waals surface area contributed by atoms with Crippen LogP contribution in [0.15, 0.2) is 12.1 Å². The van der Waals surface area contributed by atoms with Gasteiger partial charge in [-0.25, -0.2) is 0 Å². The minimum absolute atomic E-state index is 0. The molecule has 0 spiro atoms. The standard InChI is InChI=1S/C20H32N2O4.ClH/c1-13(15-6-8-21-9-7-15)10-19(23)22-14(2)16-11-17(24-3)20(26-5)18(12-16)25-4;/h11-15,21H,6-10H2,1-5H3,(H,22,23);1H. The number of methoxy groups -OCH3 is 3. The second kappa shape index (κ2) is 11.2. The van der Waals surface area contributed by atoms with E-state index in [2.05, 4.69) is 17.6 Å². The van der Waals surface area contributed by atoms with Gasteiger partial charge >= 0.3 is 0 Å². The Labute approximate surface area is 168 Å². The summed E-state index contributed by atoms with van der Waals surface area (Å²) in [6, 6.07) is 3.61. The topological polar surface area (TPSA) is 68.8 Å². The molecule has 1 aromatic rings. The Morgan fingerprint density at radius 2 is 1.67 bits per heavy atom. The van der Waals surface area contributed by atoms with E-state index in [9.17, 15) is 4.79 Å². The Kier molecular flexibility index (Phi) is 9.74. The number of amides is 1. The van der Waals surface area contributed by atoms with Crippen molar-refractivity contribution in [3.8, 4) is 17.2 Å². The minimum atomic E-state index is -0.142. The first-order valence-electron chi connectivity index (χ1n) is 9.30. The highest BCUT2D eigenvalue weighted by molar-refractivity contribution is 5.85. The van der Waals surface area contributed by atoms with Gasteiger partial charge in [0.05, 0.1) is 27.4 Å². The average Bonchev–Trinajstić information content (AvgIpc) is 2.67. The first-order valence-corrected chi connectivity index (χ1v) is 9.30. The lowest BCUT2D eigenvalue weighted by Gasteiger charge is -2.28. The van der Waals surface area contributed by atoms with Crippen molar-refractivity contribution in [1.29, 1.82) is 0 Å². The van der Waals surface area contributed by atoms with Gasteiger partial charge in [-0.1, -0.05) is 6.92 Å². The number of carbonyl (C=O) groups excluding carboxylic acids is 1. The van der Waals surface area contributed by atoms with Gasteiger partial charge in [-0.2, -0.15) is 0 Å². The summed E-state index contributed by atoms with van der Waals surface area (Å²) >= 11 is 0. The monoisotopic (exact) mass is 400 g/mol. The molecule has 0 saturated carbocycles. The van der Waals surface area contributed by atoms with E-state index in [1.807, 2.05) is 19.1 Å². The molecule has 2 unspecified atom stereocenters. The average molecular weight is 401 g/mol. The summed E-state index contributed by atoms with van der Waals surface area (Å²) in [4.78, 5) is 12.5. The SMILES string of the molecule is COc1cc(C(C)NC(=O)CC(C)C2CCNCC2)cc(OC)c1OC.Cl. The van der Waals surface area contributed by atoms with E-state index in [4.69, 9.17) is 14.2 Å². The first-order chi connectivity index (χ1) is 12.5. The van der Waals surface area contributed by atoms with Crippen LogP contribution in [0.5, 0.6) is 17.2 Å². The van der Waals surface area contributed by atoms with E-state index in [-0.39, 0.29) is 24.4 Å². The van der Waals surface area contributed by atoms with Gasteiger partial charge in [0, 0.05) is 6.42 Å². The van der Waals surface area contributed by atoms with Crippen molar-refractivity contribution >= 4 is 18.3 Å². The smallest absolute Gasteiger partial charge is 0.220 e. The van der Waals surface area contributed by atoms with Crippen LogP contribution >= 0.6 is 12.4 Å². The fraction of sp³-hybridized carbons (Fsp3) is 0.650. The molecule has 1 aliphatic heterocycles. The Bertz CT molecular complexity index is 581. The van der Waals surface area contributed by atoms with E-state index in [1.54, 1.807) is 21.3 Å². The third kappa shape index (κ3) is 6.18. The van der Waals surface area contributed by atoms with E-state index < -0.39 is 0 Å². The van der Waals surface area contributed by atoms with Crippen molar-refractivity contribution in [2.24, 2.45) is 11.8 Å². The van der Waals surface area contributed by atoms with Crippen LogP contribution in [0, 0.1) is 11.8 Å². The van der Waals surface area contributed by atoms with Crippen molar-refractivity contribution in [3.63, 3.8) is 0 Å². The predicted molar refractivity (Wildman–Crippen MR) is 109 cm³/mol. The zero-order valence-corrected chi connectivity index (χ0v) is 17.8. The molecule has 1 aromatic carbocycles. The summed E-state index contributed by atoms with van der Waals surface area (Å²) in [6.45, 7) is 6.25. The Morgan fingerprint density at radius 3 is 2.15 bits per heavy atom. The van der Waals surface area contributed by atoms with Crippen LogP contribution in [0.2, 0.25) is 0 Å². The lowest BCUT2D eigenvalue weighted by atomic mass is 9.84. The van der Waals surface area contributed by atoms with Gasteiger partial charge in [0.2, 0.25) is 11.7 Å². The van der Waals surface area contributed by atoms with E-state index >= 15 is 0 Å². The summed E-state index contributed by atoms with van der Waals surface area (Å²) in [7, 11) is 4.75. The zero-order chi connectivity index (χ0) is 19.1. The highest BCUT2D eigenvalue weighted by Gasteiger charge is 2.23. The Balaban J connectivity index is 0.00000364. The molecule has 2 rings (SSSR count). The number of hydrogen-bond donors (Lipinski definition) is 2. The summed E-state index contributed by atoms with van der Waals surface area (Å²) in [5, 5.41) is 6.47. The van der Waals surface area contributed by atoms with Gasteiger partial charge < -0.3 is 24.8 Å². The Morgan fingerprint density at radius 1 is 1.11 bits per heavy atom. The second-order valence-corrected chi connectivity index (χ2v) is 7.02. The van der Waals surface area contributed by atoms with Crippen molar-refractivity contribution in [2.45, 2.75) is 39.2 Å². The van der Waals surface area contributed by atoms with Crippen LogP contribution in [0.1, 0.15) is 44.7 Å². The van der Waals surface area contributed by atoms with Gasteiger partial charge in [-0.15, -0.1) is 12.4 Å². The number of rotatable bonds is 8. The molecule has 0 radical (unpaired) electrons. The molecule has 27 heavy (non-hydrogen) atoms. The first kappa shape index (κ1) is 23.4. The van der Waals surface area contributed by atoms with E-state index in [0.717, 1.165) is 31.5 Å². The van der Waals surface area contributed by atoms with Gasteiger partial charge in [-0.3, -0.25) is 4.79 Å². The quantitative estimate of drug-likeness (QED) is 0.700. The van der Waals surface area contributed by atoms with Crippen molar-refractivity contribution in [3.05, 3.63) is 17.7 Å². The van der Waals surface area contributed by atoms with Crippen LogP contribution in [0.3, 0.4) is 0 Å². The maximum Gasteiger partial charge on any atom is 0.220 e. The molecule has 0 bridgehead atoms. The number of benzene rings is 1. The molecule has 7 heteroatoms. The normalized spacial score (nSPS) is 16.6. The van der Waals surface area contributed by atoms with Crippen molar-refractivity contribution < 1.29 is 19.0 Å². The third-order valence-corrected chi connectivity index (χ3v) is 5.26. The second-order valence-electron chi connectivity index (χ2n) is 7.02. The van der Waals surface area contributed by atoms with Crippen LogP contribution < -0.4 is 24.8 Å². The summed E-state index contributed by atoms with van der Waals surface area (Å²) < 4.78 is 16.1. The maximum absolute atomic E-state index is 12.5. The molecule has 2 N–H and O–H groups in total.